The zero-order chi connectivity index (χ0) is 18.4. The number of hydrogen-bond acceptors (Lipinski definition) is 6. The Kier molecular flexibility index (Phi) is 6.30. The van der Waals surface area contributed by atoms with E-state index in [1.54, 1.807) is 0 Å². The molecule has 0 saturated carbocycles. The van der Waals surface area contributed by atoms with Gasteiger partial charge in [0.05, 0.1) is 37.8 Å². The minimum atomic E-state index is -1.03. The molecule has 0 radical (unpaired) electrons. The molecule has 9 heteroatoms. The Bertz CT molecular complexity index is 652. The van der Waals surface area contributed by atoms with Crippen molar-refractivity contribution >= 4 is 6.09 Å². The van der Waals surface area contributed by atoms with E-state index in [9.17, 15) is 9.90 Å². The van der Waals surface area contributed by atoms with Crippen LogP contribution in [-0.4, -0.2) is 55.5 Å². The van der Waals surface area contributed by atoms with Crippen LogP contribution in [0.2, 0.25) is 0 Å². The number of aliphatic hydroxyl groups excluding tert-OH is 1. The molecule has 140 valence electrons. The molecule has 0 bridgehead atoms. The van der Waals surface area contributed by atoms with Gasteiger partial charge in [-0.1, -0.05) is 35.4 Å². The van der Waals surface area contributed by atoms with E-state index in [0.29, 0.717) is 19.6 Å². The summed E-state index contributed by atoms with van der Waals surface area (Å²) in [4.78, 5) is 15.0. The normalized spacial score (nSPS) is 26.4. The lowest BCUT2D eigenvalue weighted by Crippen LogP contribution is -2.47. The first-order valence-corrected chi connectivity index (χ1v) is 8.60. The van der Waals surface area contributed by atoms with Crippen molar-refractivity contribution < 1.29 is 24.1 Å². The largest absolute Gasteiger partial charge is 0.443 e. The van der Waals surface area contributed by atoms with Gasteiger partial charge in [-0.25, -0.2) is 4.79 Å². The van der Waals surface area contributed by atoms with E-state index in [-0.39, 0.29) is 24.9 Å². The van der Waals surface area contributed by atoms with Gasteiger partial charge in [0.25, 0.3) is 0 Å². The maximum atomic E-state index is 12.3. The van der Waals surface area contributed by atoms with Crippen LogP contribution >= 0.6 is 0 Å². The predicted molar refractivity (Wildman–Crippen MR) is 91.2 cm³/mol. The highest BCUT2D eigenvalue weighted by molar-refractivity contribution is 5.68. The van der Waals surface area contributed by atoms with Crippen molar-refractivity contribution in [1.29, 1.82) is 0 Å². The van der Waals surface area contributed by atoms with Crippen LogP contribution in [0.15, 0.2) is 35.4 Å². The van der Waals surface area contributed by atoms with Gasteiger partial charge in [0, 0.05) is 4.91 Å². The average Bonchev–Trinajstić information content (AvgIpc) is 3.25. The van der Waals surface area contributed by atoms with E-state index in [2.05, 4.69) is 15.3 Å². The number of nitrogens with one attached hydrogen (secondary N) is 1. The van der Waals surface area contributed by atoms with E-state index in [1.165, 1.54) is 0 Å². The third-order valence-electron chi connectivity index (χ3n) is 4.64. The molecule has 1 aromatic rings. The van der Waals surface area contributed by atoms with E-state index < -0.39 is 18.2 Å². The molecule has 2 aliphatic rings. The van der Waals surface area contributed by atoms with Gasteiger partial charge in [0.1, 0.15) is 6.10 Å². The van der Waals surface area contributed by atoms with Gasteiger partial charge >= 0.3 is 6.09 Å². The van der Waals surface area contributed by atoms with E-state index in [1.807, 2.05) is 30.3 Å². The molecule has 2 fully saturated rings. The smallest absolute Gasteiger partial charge is 0.407 e. The minimum Gasteiger partial charge on any atom is -0.443 e. The fourth-order valence-electron chi connectivity index (χ4n) is 3.27. The summed E-state index contributed by atoms with van der Waals surface area (Å²) in [6, 6.07) is 8.78. The van der Waals surface area contributed by atoms with Gasteiger partial charge in [0.2, 0.25) is 0 Å². The Morgan fingerprint density at radius 2 is 2.23 bits per heavy atom. The third-order valence-corrected chi connectivity index (χ3v) is 4.64. The average molecular weight is 362 g/mol. The number of alkyl carbamates (subject to hydrolysis) is 1. The van der Waals surface area contributed by atoms with Crippen molar-refractivity contribution in [1.82, 2.24) is 5.32 Å². The number of aliphatic hydroxyl groups is 1. The zero-order valence-corrected chi connectivity index (χ0v) is 14.2. The second kappa shape index (κ2) is 8.86. The lowest BCUT2D eigenvalue weighted by Gasteiger charge is -2.24. The molecule has 2 saturated heterocycles. The van der Waals surface area contributed by atoms with Gasteiger partial charge in [-0.15, -0.1) is 0 Å². The molecule has 26 heavy (non-hydrogen) atoms. The van der Waals surface area contributed by atoms with Crippen molar-refractivity contribution in [3.8, 4) is 0 Å². The number of benzene rings is 1. The molecule has 2 aliphatic heterocycles. The number of nitrogens with zero attached hydrogens (tertiary/aromatic N) is 3. The highest BCUT2D eigenvalue weighted by atomic mass is 16.7. The number of azide groups is 1. The molecule has 3 rings (SSSR count). The van der Waals surface area contributed by atoms with E-state index >= 15 is 0 Å². The van der Waals surface area contributed by atoms with E-state index in [4.69, 9.17) is 19.7 Å². The molecule has 2 N–H and O–H groups in total. The molecule has 0 aromatic heterocycles. The number of amides is 1. The van der Waals surface area contributed by atoms with Crippen molar-refractivity contribution in [2.24, 2.45) is 11.0 Å². The molecule has 9 nitrogen and oxygen atoms in total. The molecule has 0 aliphatic carbocycles. The fourth-order valence-corrected chi connectivity index (χ4v) is 3.27. The molecule has 0 unspecified atom stereocenters. The third kappa shape index (κ3) is 4.64. The number of hydrogen-bond donors (Lipinski definition) is 2. The minimum absolute atomic E-state index is 0.0430. The quantitative estimate of drug-likeness (QED) is 0.434. The Labute approximate surface area is 150 Å². The monoisotopic (exact) mass is 362 g/mol. The first kappa shape index (κ1) is 18.5. The summed E-state index contributed by atoms with van der Waals surface area (Å²) in [5.41, 5.74) is 9.39. The maximum Gasteiger partial charge on any atom is 0.407 e. The predicted octanol–water partition coefficient (Wildman–Crippen LogP) is 1.76. The molecule has 0 spiro atoms. The Morgan fingerprint density at radius 1 is 1.42 bits per heavy atom. The summed E-state index contributed by atoms with van der Waals surface area (Å²) < 4.78 is 16.3. The lowest BCUT2D eigenvalue weighted by atomic mass is 10.0. The topological polar surface area (TPSA) is 126 Å². The van der Waals surface area contributed by atoms with E-state index in [0.717, 1.165) is 12.0 Å². The molecule has 1 aromatic carbocycles. The Balaban J connectivity index is 1.60. The number of carbonyl (C=O) groups is 1. The van der Waals surface area contributed by atoms with Crippen LogP contribution in [0.4, 0.5) is 4.79 Å². The summed E-state index contributed by atoms with van der Waals surface area (Å²) in [6.45, 7) is 0.755. The first-order chi connectivity index (χ1) is 12.7. The second-order valence-corrected chi connectivity index (χ2v) is 6.39. The number of fused-ring (bicyclic) bond motifs is 1. The molecular weight excluding hydrogens is 340 g/mol. The van der Waals surface area contributed by atoms with Crippen LogP contribution in [0.3, 0.4) is 0 Å². The van der Waals surface area contributed by atoms with Crippen molar-refractivity contribution in [3.63, 3.8) is 0 Å². The van der Waals surface area contributed by atoms with Crippen molar-refractivity contribution in [3.05, 3.63) is 46.3 Å². The molecule has 2 heterocycles. The summed E-state index contributed by atoms with van der Waals surface area (Å²) >= 11 is 0. The molecule has 1 amide bonds. The van der Waals surface area contributed by atoms with Crippen molar-refractivity contribution in [2.75, 3.05) is 19.8 Å². The maximum absolute atomic E-state index is 12.3. The molecular formula is C17H22N4O5. The summed E-state index contributed by atoms with van der Waals surface area (Å²) in [6.07, 6.45) is -1.16. The highest BCUT2D eigenvalue weighted by Crippen LogP contribution is 2.32. The SMILES string of the molecule is [N-]=[N+]=NC[C@@H](O)[C@H](Cc1ccccc1)NC(=O)O[C@@H]1CO[C@@H]2OCC[C@@H]21. The zero-order valence-electron chi connectivity index (χ0n) is 14.2. The van der Waals surface area contributed by atoms with Crippen LogP contribution in [-0.2, 0) is 20.6 Å². The standard InChI is InChI=1S/C17H22N4O5/c18-21-19-9-14(22)13(8-11-4-2-1-3-5-11)20-17(23)26-15-10-25-16-12(15)6-7-24-16/h1-5,12-16,22H,6-10H2,(H,20,23)/t12-,13+,14-,15-,16+/m1/s1. The molecule has 5 atom stereocenters. The van der Waals surface area contributed by atoms with Gasteiger partial charge in [0.15, 0.2) is 6.29 Å². The second-order valence-electron chi connectivity index (χ2n) is 6.39. The lowest BCUT2D eigenvalue weighted by molar-refractivity contribution is -0.0907. The summed E-state index contributed by atoms with van der Waals surface area (Å²) in [5.74, 6) is 0.0430. The first-order valence-electron chi connectivity index (χ1n) is 8.60. The number of carbonyl (C=O) groups excluding carboxylic acids is 1. The highest BCUT2D eigenvalue weighted by Gasteiger charge is 2.44. The van der Waals surface area contributed by atoms with Gasteiger partial charge in [-0.3, -0.25) is 0 Å². The van der Waals surface area contributed by atoms with Crippen LogP contribution < -0.4 is 5.32 Å². The fraction of sp³-hybridized carbons (Fsp3) is 0.588. The van der Waals surface area contributed by atoms with Gasteiger partial charge < -0.3 is 24.6 Å². The van der Waals surface area contributed by atoms with Gasteiger partial charge in [-0.05, 0) is 23.9 Å². The Hall–Kier alpha value is -2.32. The van der Waals surface area contributed by atoms with Crippen LogP contribution in [0.5, 0.6) is 0 Å². The summed E-state index contributed by atoms with van der Waals surface area (Å²) in [7, 11) is 0. The van der Waals surface area contributed by atoms with Crippen molar-refractivity contribution in [2.45, 2.75) is 37.4 Å². The number of ether oxygens (including phenoxy) is 3. The summed E-state index contributed by atoms with van der Waals surface area (Å²) in [5, 5.41) is 16.4. The van der Waals surface area contributed by atoms with Gasteiger partial charge in [-0.2, -0.15) is 0 Å². The Morgan fingerprint density at radius 3 is 3.00 bits per heavy atom. The number of rotatable bonds is 7. The van der Waals surface area contributed by atoms with Crippen LogP contribution in [0.25, 0.3) is 10.4 Å². The van der Waals surface area contributed by atoms with Crippen LogP contribution in [0, 0.1) is 5.92 Å². The van der Waals surface area contributed by atoms with Crippen LogP contribution in [0.1, 0.15) is 12.0 Å².